The number of fused-ring (bicyclic) bond motifs is 5. The smallest absolute Gasteiger partial charge is 0.422 e. The standard InChI is InChI=1S/C43H63N5O13S/c1-12-20-58-35-16-14-29-25-31(35)30-23-28(13-15-34(30)59-21-19-44-40(53)60-42(4,5)6)24-32(39(52)57-11)46-37(50)27(3)22-33(49)36(29)48(10)38(51)26(2)17-18-45-62(55,56)47-41(54)61-43(7,8)9/h13-16,23,25-27,32,36,45H,12,17-22,24H2,1-11H3,(H,44,53)(H,46,50)(H,47,54)/t26-,27+,32-,36-/m0/s1. The third kappa shape index (κ3) is 15.8. The molecule has 3 rings (SSSR count). The number of carbonyl (C=O) groups is 6. The van der Waals surface area contributed by atoms with E-state index in [2.05, 4.69) is 15.4 Å². The number of likely N-dealkylation sites (N-methyl/N-ethyl adjacent to an activating group) is 1. The number of amides is 4. The number of Topliss-reactive ketones (excluding diaryl/α,β-unsaturated/α-hetero) is 1. The van der Waals surface area contributed by atoms with Crippen LogP contribution < -0.4 is 29.6 Å². The second kappa shape index (κ2) is 22.1. The lowest BCUT2D eigenvalue weighted by atomic mass is 9.89. The second-order valence-electron chi connectivity index (χ2n) is 17.1. The molecule has 4 N–H and O–H groups in total. The number of nitrogens with one attached hydrogen (secondary N) is 4. The minimum absolute atomic E-state index is 0.0155. The molecule has 1 aliphatic heterocycles. The van der Waals surface area contributed by atoms with Crippen LogP contribution in [0.1, 0.15) is 98.7 Å². The van der Waals surface area contributed by atoms with Gasteiger partial charge in [0.15, 0.2) is 5.78 Å². The lowest BCUT2D eigenvalue weighted by Crippen LogP contribution is -2.46. The van der Waals surface area contributed by atoms with Crippen molar-refractivity contribution in [1.29, 1.82) is 0 Å². The van der Waals surface area contributed by atoms with E-state index < -0.39 is 81.1 Å². The van der Waals surface area contributed by atoms with E-state index in [1.54, 1.807) is 96.5 Å². The maximum atomic E-state index is 14.4. The molecule has 4 bridgehead atoms. The van der Waals surface area contributed by atoms with Crippen molar-refractivity contribution in [3.8, 4) is 22.6 Å². The quantitative estimate of drug-likeness (QED) is 0.108. The summed E-state index contributed by atoms with van der Waals surface area (Å²) in [5.41, 5.74) is 0.362. The van der Waals surface area contributed by atoms with Gasteiger partial charge in [-0.25, -0.2) is 19.1 Å². The van der Waals surface area contributed by atoms with Crippen LogP contribution in [0.2, 0.25) is 0 Å². The Balaban J connectivity index is 2.09. The molecule has 0 fully saturated rings. The number of ether oxygens (including phenoxy) is 5. The summed E-state index contributed by atoms with van der Waals surface area (Å²) >= 11 is 0. The molecule has 19 heteroatoms. The van der Waals surface area contributed by atoms with Gasteiger partial charge >= 0.3 is 28.4 Å². The first kappa shape index (κ1) is 50.9. The molecule has 0 saturated carbocycles. The monoisotopic (exact) mass is 889 g/mol. The van der Waals surface area contributed by atoms with Crippen LogP contribution in [-0.4, -0.2) is 107 Å². The lowest BCUT2D eigenvalue weighted by Gasteiger charge is -2.31. The average Bonchev–Trinajstić information content (AvgIpc) is 3.16. The number of methoxy groups -OCH3 is 1. The minimum atomic E-state index is -4.33. The van der Waals surface area contributed by atoms with Gasteiger partial charge in [0.25, 0.3) is 0 Å². The number of carbonyl (C=O) groups excluding carboxylic acids is 6. The highest BCUT2D eigenvalue weighted by Crippen LogP contribution is 2.41. The predicted molar refractivity (Wildman–Crippen MR) is 229 cm³/mol. The molecule has 2 aromatic rings. The van der Waals surface area contributed by atoms with Gasteiger partial charge in [0.05, 0.1) is 20.3 Å². The number of ketones is 1. The maximum Gasteiger partial charge on any atom is 0.422 e. The van der Waals surface area contributed by atoms with E-state index in [0.717, 1.165) is 0 Å². The minimum Gasteiger partial charge on any atom is -0.493 e. The summed E-state index contributed by atoms with van der Waals surface area (Å²) in [6, 6.07) is 7.92. The largest absolute Gasteiger partial charge is 0.493 e. The summed E-state index contributed by atoms with van der Waals surface area (Å²) in [4.78, 5) is 80.8. The highest BCUT2D eigenvalue weighted by Gasteiger charge is 2.35. The van der Waals surface area contributed by atoms with Gasteiger partial charge in [-0.1, -0.05) is 32.9 Å². The van der Waals surface area contributed by atoms with E-state index in [-0.39, 0.29) is 39.0 Å². The SMILES string of the molecule is CCCOc1ccc2cc1-c1cc(ccc1OCCNC(=O)OC(C)(C)C)C[C@@H](C(=O)OC)NC(=O)[C@H](C)CC(=O)[C@H]2N(C)C(=O)[C@@H](C)CCNS(=O)(=O)NC(=O)OC(C)(C)C. The topological polar surface area (TPSA) is 234 Å². The molecule has 344 valence electrons. The van der Waals surface area contributed by atoms with Crippen LogP contribution in [0.25, 0.3) is 11.1 Å². The second-order valence-corrected chi connectivity index (χ2v) is 18.6. The van der Waals surface area contributed by atoms with E-state index in [4.69, 9.17) is 23.7 Å². The molecule has 0 unspecified atom stereocenters. The summed E-state index contributed by atoms with van der Waals surface area (Å²) in [6.07, 6.45) is -1.42. The molecule has 62 heavy (non-hydrogen) atoms. The van der Waals surface area contributed by atoms with Gasteiger partial charge in [0, 0.05) is 49.4 Å². The molecule has 0 spiro atoms. The van der Waals surface area contributed by atoms with Crippen LogP contribution >= 0.6 is 0 Å². The Hall–Kier alpha value is -5.43. The Morgan fingerprint density at radius 3 is 2.08 bits per heavy atom. The molecule has 4 atom stereocenters. The van der Waals surface area contributed by atoms with Crippen LogP contribution in [-0.2, 0) is 50.0 Å². The van der Waals surface area contributed by atoms with E-state index in [0.29, 0.717) is 46.8 Å². The molecule has 0 aromatic heterocycles. The summed E-state index contributed by atoms with van der Waals surface area (Å²) < 4.78 is 56.9. The van der Waals surface area contributed by atoms with Crippen LogP contribution in [0.4, 0.5) is 9.59 Å². The normalized spacial score (nSPS) is 17.6. The number of hydrogen-bond donors (Lipinski definition) is 4. The number of alkyl carbamates (subject to hydrolysis) is 1. The first-order chi connectivity index (χ1) is 28.8. The van der Waals surface area contributed by atoms with Gasteiger partial charge < -0.3 is 39.2 Å². The first-order valence-corrected chi connectivity index (χ1v) is 22.0. The van der Waals surface area contributed by atoms with Gasteiger partial charge in [-0.2, -0.15) is 13.1 Å². The molecule has 4 amide bonds. The number of rotatable bonds is 15. The van der Waals surface area contributed by atoms with Gasteiger partial charge in [-0.05, 0) is 89.8 Å². The van der Waals surface area contributed by atoms with E-state index in [1.165, 1.54) is 19.1 Å². The van der Waals surface area contributed by atoms with E-state index in [1.807, 2.05) is 6.92 Å². The van der Waals surface area contributed by atoms with Crippen molar-refractivity contribution in [3.63, 3.8) is 0 Å². The third-order valence-electron chi connectivity index (χ3n) is 9.29. The zero-order valence-corrected chi connectivity index (χ0v) is 38.4. The zero-order valence-electron chi connectivity index (χ0n) is 37.6. The molecule has 2 aromatic carbocycles. The number of esters is 1. The molecule has 18 nitrogen and oxygen atoms in total. The summed E-state index contributed by atoms with van der Waals surface area (Å²) in [5.74, 6) is -3.25. The average molecular weight is 890 g/mol. The van der Waals surface area contributed by atoms with Crippen LogP contribution in [0.5, 0.6) is 11.5 Å². The molecule has 1 heterocycles. The Bertz CT molecular complexity index is 2040. The van der Waals surface area contributed by atoms with E-state index in [9.17, 15) is 37.2 Å². The Morgan fingerprint density at radius 2 is 1.47 bits per heavy atom. The van der Waals surface area contributed by atoms with Crippen molar-refractivity contribution >= 4 is 46.0 Å². The Labute approximate surface area is 364 Å². The Kier molecular flexibility index (Phi) is 18.1. The van der Waals surface area contributed by atoms with Crippen molar-refractivity contribution in [2.24, 2.45) is 11.8 Å². The maximum absolute atomic E-state index is 14.4. The molecular weight excluding hydrogens is 827 g/mol. The lowest BCUT2D eigenvalue weighted by molar-refractivity contribution is -0.146. The molecule has 1 aliphatic rings. The van der Waals surface area contributed by atoms with Gasteiger partial charge in [-0.15, -0.1) is 0 Å². The summed E-state index contributed by atoms with van der Waals surface area (Å²) in [6.45, 7) is 15.3. The van der Waals surface area contributed by atoms with Gasteiger partial charge in [0.1, 0.15) is 41.4 Å². The van der Waals surface area contributed by atoms with Crippen molar-refractivity contribution in [2.75, 3.05) is 40.5 Å². The highest BCUT2D eigenvalue weighted by atomic mass is 32.2. The van der Waals surface area contributed by atoms with Crippen molar-refractivity contribution < 1.29 is 60.9 Å². The van der Waals surface area contributed by atoms with Crippen molar-refractivity contribution in [3.05, 3.63) is 47.5 Å². The molecule has 0 saturated heterocycles. The van der Waals surface area contributed by atoms with Gasteiger partial charge in [-0.3, -0.25) is 14.4 Å². The molecular formula is C43H63N5O13S. The van der Waals surface area contributed by atoms with Crippen LogP contribution in [0, 0.1) is 11.8 Å². The van der Waals surface area contributed by atoms with E-state index >= 15 is 0 Å². The first-order valence-electron chi connectivity index (χ1n) is 20.5. The highest BCUT2D eigenvalue weighted by molar-refractivity contribution is 7.88. The third-order valence-corrected chi connectivity index (χ3v) is 10.3. The fourth-order valence-corrected chi connectivity index (χ4v) is 7.12. The number of benzene rings is 2. The van der Waals surface area contributed by atoms with Crippen molar-refractivity contribution in [1.82, 2.24) is 25.0 Å². The molecule has 0 radical (unpaired) electrons. The summed E-state index contributed by atoms with van der Waals surface area (Å²) in [5, 5.41) is 5.39. The van der Waals surface area contributed by atoms with Crippen LogP contribution in [0.15, 0.2) is 36.4 Å². The van der Waals surface area contributed by atoms with Crippen LogP contribution in [0.3, 0.4) is 0 Å². The zero-order chi connectivity index (χ0) is 46.6. The fraction of sp³-hybridized carbons (Fsp3) is 0.581. The predicted octanol–water partition coefficient (Wildman–Crippen LogP) is 4.74. The number of nitrogens with zero attached hydrogens (tertiary/aromatic N) is 1. The summed E-state index contributed by atoms with van der Waals surface area (Å²) in [7, 11) is -1.68. The fourth-order valence-electron chi connectivity index (χ4n) is 6.40. The van der Waals surface area contributed by atoms with Gasteiger partial charge in [0.2, 0.25) is 11.8 Å². The number of hydrogen-bond acceptors (Lipinski definition) is 13. The molecule has 0 aliphatic carbocycles. The van der Waals surface area contributed by atoms with Crippen molar-refractivity contribution in [2.45, 2.75) is 111 Å². The Morgan fingerprint density at radius 1 is 0.871 bits per heavy atom.